The van der Waals surface area contributed by atoms with Gasteiger partial charge in [0.25, 0.3) is 0 Å². The summed E-state index contributed by atoms with van der Waals surface area (Å²) in [6.07, 6.45) is 3.11. The summed E-state index contributed by atoms with van der Waals surface area (Å²) in [6, 6.07) is 4.44. The van der Waals surface area contributed by atoms with Gasteiger partial charge in [-0.25, -0.2) is 9.37 Å². The molecule has 4 nitrogen and oxygen atoms in total. The predicted molar refractivity (Wildman–Crippen MR) is 78.2 cm³/mol. The van der Waals surface area contributed by atoms with Crippen molar-refractivity contribution in [2.24, 2.45) is 0 Å². The lowest BCUT2D eigenvalue weighted by Crippen LogP contribution is -2.25. The van der Waals surface area contributed by atoms with Crippen LogP contribution in [0, 0.1) is 5.82 Å². The Bertz CT molecular complexity index is 574. The van der Waals surface area contributed by atoms with Crippen LogP contribution >= 0.6 is 15.9 Å². The fourth-order valence-corrected chi connectivity index (χ4v) is 2.59. The smallest absolute Gasteiger partial charge is 0.237 e. The number of hydrogen-bond acceptors (Lipinski definition) is 4. The van der Waals surface area contributed by atoms with Gasteiger partial charge in [-0.15, -0.1) is 0 Å². The number of methoxy groups -OCH3 is 1. The number of nitrogens with one attached hydrogen (secondary N) is 1. The van der Waals surface area contributed by atoms with Crippen LogP contribution in [0.3, 0.4) is 0 Å². The molecule has 1 aromatic carbocycles. The molecule has 0 bridgehead atoms. The van der Waals surface area contributed by atoms with Crippen LogP contribution in [0.25, 0.3) is 0 Å². The maximum atomic E-state index is 14.2. The molecule has 0 aliphatic carbocycles. The van der Waals surface area contributed by atoms with Crippen LogP contribution in [-0.4, -0.2) is 23.6 Å². The third kappa shape index (κ3) is 2.96. The molecule has 1 atom stereocenters. The summed E-state index contributed by atoms with van der Waals surface area (Å²) in [5.74, 6) is 0.0756. The Hall–Kier alpha value is -1.53. The summed E-state index contributed by atoms with van der Waals surface area (Å²) in [7, 11) is 1.52. The highest BCUT2D eigenvalue weighted by molar-refractivity contribution is 9.10. The minimum atomic E-state index is -0.431. The van der Waals surface area contributed by atoms with Gasteiger partial charge in [-0.3, -0.25) is 4.98 Å². The second kappa shape index (κ2) is 6.76. The Balaban J connectivity index is 2.56. The first kappa shape index (κ1) is 14.9. The topological polar surface area (TPSA) is 47.0 Å². The Kier molecular flexibility index (Phi) is 5.03. The molecule has 1 heterocycles. The molecule has 1 unspecified atom stereocenters. The molecule has 0 radical (unpaired) electrons. The van der Waals surface area contributed by atoms with Crippen LogP contribution in [0.1, 0.15) is 24.2 Å². The van der Waals surface area contributed by atoms with E-state index in [1.807, 2.05) is 6.92 Å². The van der Waals surface area contributed by atoms with Crippen LogP contribution in [0.15, 0.2) is 35.1 Å². The molecule has 0 saturated carbocycles. The van der Waals surface area contributed by atoms with E-state index in [2.05, 4.69) is 31.2 Å². The van der Waals surface area contributed by atoms with E-state index in [0.29, 0.717) is 28.2 Å². The van der Waals surface area contributed by atoms with Crippen molar-refractivity contribution in [2.45, 2.75) is 13.0 Å². The molecule has 0 saturated heterocycles. The van der Waals surface area contributed by atoms with Crippen LogP contribution < -0.4 is 10.1 Å². The summed E-state index contributed by atoms with van der Waals surface area (Å²) in [4.78, 5) is 8.41. The summed E-state index contributed by atoms with van der Waals surface area (Å²) in [5.41, 5.74) is 1.05. The SMILES string of the molecule is CCNC(c1nccnc1OC)c1c(F)cccc1Br. The zero-order valence-electron chi connectivity index (χ0n) is 11.2. The highest BCUT2D eigenvalue weighted by Gasteiger charge is 2.24. The number of nitrogens with zero attached hydrogens (tertiary/aromatic N) is 2. The van der Waals surface area contributed by atoms with Crippen LogP contribution in [0.4, 0.5) is 4.39 Å². The van der Waals surface area contributed by atoms with E-state index >= 15 is 0 Å². The number of ether oxygens (including phenoxy) is 1. The minimum absolute atomic E-state index is 0.307. The monoisotopic (exact) mass is 339 g/mol. The van der Waals surface area contributed by atoms with Crippen molar-refractivity contribution in [2.75, 3.05) is 13.7 Å². The van der Waals surface area contributed by atoms with Gasteiger partial charge in [-0.2, -0.15) is 0 Å². The largest absolute Gasteiger partial charge is 0.480 e. The van der Waals surface area contributed by atoms with Crippen molar-refractivity contribution >= 4 is 15.9 Å². The minimum Gasteiger partial charge on any atom is -0.480 e. The van der Waals surface area contributed by atoms with Crippen molar-refractivity contribution < 1.29 is 9.13 Å². The molecule has 0 spiro atoms. The molecule has 106 valence electrons. The van der Waals surface area contributed by atoms with Crippen molar-refractivity contribution in [3.63, 3.8) is 0 Å². The zero-order valence-corrected chi connectivity index (χ0v) is 12.8. The first-order valence-electron chi connectivity index (χ1n) is 6.21. The lowest BCUT2D eigenvalue weighted by molar-refractivity contribution is 0.382. The number of benzene rings is 1. The zero-order chi connectivity index (χ0) is 14.5. The van der Waals surface area contributed by atoms with E-state index in [4.69, 9.17) is 4.74 Å². The van der Waals surface area contributed by atoms with Crippen LogP contribution in [0.5, 0.6) is 5.88 Å². The average molecular weight is 340 g/mol. The van der Waals surface area contributed by atoms with Gasteiger partial charge in [0.2, 0.25) is 5.88 Å². The van der Waals surface area contributed by atoms with E-state index in [-0.39, 0.29) is 5.82 Å². The Morgan fingerprint density at radius 2 is 2.10 bits per heavy atom. The van der Waals surface area contributed by atoms with Gasteiger partial charge < -0.3 is 10.1 Å². The maximum absolute atomic E-state index is 14.2. The summed E-state index contributed by atoms with van der Waals surface area (Å²) < 4.78 is 20.1. The molecule has 20 heavy (non-hydrogen) atoms. The van der Waals surface area contributed by atoms with E-state index in [1.165, 1.54) is 13.2 Å². The molecule has 1 aromatic heterocycles. The number of hydrogen-bond donors (Lipinski definition) is 1. The van der Waals surface area contributed by atoms with Gasteiger partial charge in [0.05, 0.1) is 13.2 Å². The first-order chi connectivity index (χ1) is 9.69. The first-order valence-corrected chi connectivity index (χ1v) is 7.00. The highest BCUT2D eigenvalue weighted by Crippen LogP contribution is 2.32. The van der Waals surface area contributed by atoms with Gasteiger partial charge in [0.1, 0.15) is 11.5 Å². The number of aromatic nitrogens is 2. The fraction of sp³-hybridized carbons (Fsp3) is 0.286. The average Bonchev–Trinajstić information content (AvgIpc) is 2.46. The normalized spacial score (nSPS) is 12.2. The van der Waals surface area contributed by atoms with Crippen molar-refractivity contribution in [3.8, 4) is 5.88 Å². The van der Waals surface area contributed by atoms with Gasteiger partial charge in [-0.05, 0) is 18.7 Å². The molecule has 1 N–H and O–H groups in total. The lowest BCUT2D eigenvalue weighted by atomic mass is 10.0. The molecule has 0 aliphatic rings. The van der Waals surface area contributed by atoms with E-state index < -0.39 is 6.04 Å². The predicted octanol–water partition coefficient (Wildman–Crippen LogP) is 3.09. The molecule has 0 aliphatic heterocycles. The molecule has 2 rings (SSSR count). The standard InChI is InChI=1S/C14H15BrFN3O/c1-3-17-12(11-9(15)5-4-6-10(11)16)13-14(20-2)19-8-7-18-13/h4-8,12,17H,3H2,1-2H3. The van der Waals surface area contributed by atoms with Crippen LogP contribution in [-0.2, 0) is 0 Å². The van der Waals surface area contributed by atoms with Gasteiger partial charge >= 0.3 is 0 Å². The molecule has 0 fully saturated rings. The molecular formula is C14H15BrFN3O. The third-order valence-electron chi connectivity index (χ3n) is 2.85. The van der Waals surface area contributed by atoms with Crippen LogP contribution in [0.2, 0.25) is 0 Å². The van der Waals surface area contributed by atoms with Gasteiger partial charge in [0, 0.05) is 22.4 Å². The maximum Gasteiger partial charge on any atom is 0.237 e. The Morgan fingerprint density at radius 3 is 2.75 bits per heavy atom. The summed E-state index contributed by atoms with van der Waals surface area (Å²) >= 11 is 3.39. The molecular weight excluding hydrogens is 325 g/mol. The number of halogens is 2. The quantitative estimate of drug-likeness (QED) is 0.909. The molecule has 6 heteroatoms. The summed E-state index contributed by atoms with van der Waals surface area (Å²) in [6.45, 7) is 2.61. The Labute approximate surface area is 125 Å². The summed E-state index contributed by atoms with van der Waals surface area (Å²) in [5, 5.41) is 3.22. The fourth-order valence-electron chi connectivity index (χ4n) is 2.02. The third-order valence-corrected chi connectivity index (χ3v) is 3.55. The van der Waals surface area contributed by atoms with Crippen molar-refractivity contribution in [1.29, 1.82) is 0 Å². The van der Waals surface area contributed by atoms with Gasteiger partial charge in [0.15, 0.2) is 0 Å². The Morgan fingerprint density at radius 1 is 1.35 bits per heavy atom. The van der Waals surface area contributed by atoms with Gasteiger partial charge in [-0.1, -0.05) is 28.9 Å². The van der Waals surface area contributed by atoms with E-state index in [0.717, 1.165) is 0 Å². The highest BCUT2D eigenvalue weighted by atomic mass is 79.9. The second-order valence-electron chi connectivity index (χ2n) is 4.08. The second-order valence-corrected chi connectivity index (χ2v) is 4.93. The van der Waals surface area contributed by atoms with E-state index in [9.17, 15) is 4.39 Å². The van der Waals surface area contributed by atoms with Crippen molar-refractivity contribution in [1.82, 2.24) is 15.3 Å². The number of rotatable bonds is 5. The molecule has 2 aromatic rings. The van der Waals surface area contributed by atoms with E-state index in [1.54, 1.807) is 24.5 Å². The van der Waals surface area contributed by atoms with Crippen molar-refractivity contribution in [3.05, 3.63) is 52.1 Å². The molecule has 0 amide bonds. The lowest BCUT2D eigenvalue weighted by Gasteiger charge is -2.21.